The number of benzene rings is 8. The van der Waals surface area contributed by atoms with Crippen molar-refractivity contribution >= 4 is 11.7 Å². The van der Waals surface area contributed by atoms with Crippen LogP contribution in [0.15, 0.2) is 210 Å². The van der Waals surface area contributed by atoms with Crippen LogP contribution in [0, 0.1) is 0 Å². The van der Waals surface area contributed by atoms with Gasteiger partial charge in [0.1, 0.15) is 23.5 Å². The van der Waals surface area contributed by atoms with Crippen molar-refractivity contribution < 1.29 is 4.74 Å². The summed E-state index contributed by atoms with van der Waals surface area (Å²) < 4.78 is 7.05. The Bertz CT molecular complexity index is 2830. The first kappa shape index (κ1) is 32.2. The largest absolute Gasteiger partial charge is 0.456 e. The van der Waals surface area contributed by atoms with E-state index in [0.717, 1.165) is 67.4 Å². The fourth-order valence-electron chi connectivity index (χ4n) is 9.01. The summed E-state index contributed by atoms with van der Waals surface area (Å²) in [5.74, 6) is 3.25. The molecule has 0 saturated carbocycles. The molecule has 1 spiro atoms. The van der Waals surface area contributed by atoms with E-state index >= 15 is 0 Å². The molecule has 0 amide bonds. The van der Waals surface area contributed by atoms with Gasteiger partial charge in [0.2, 0.25) is 0 Å². The second kappa shape index (κ2) is 12.9. The highest BCUT2D eigenvalue weighted by molar-refractivity contribution is 6.13. The van der Waals surface area contributed by atoms with E-state index in [1.807, 2.05) is 36.4 Å². The second-order valence-corrected chi connectivity index (χ2v) is 14.5. The Morgan fingerprint density at radius 3 is 1.71 bits per heavy atom. The molecule has 264 valence electrons. The number of ether oxygens (including phenoxy) is 1. The van der Waals surface area contributed by atoms with Crippen molar-refractivity contribution in [2.45, 2.75) is 11.6 Å². The van der Waals surface area contributed by atoms with Gasteiger partial charge in [0.25, 0.3) is 0 Å². The highest BCUT2D eigenvalue weighted by Crippen LogP contribution is 2.63. The van der Waals surface area contributed by atoms with Crippen LogP contribution in [0.25, 0.3) is 33.4 Å². The number of hydrogen-bond acceptors (Lipinski definition) is 4. The number of nitrogens with zero attached hydrogens (tertiary/aromatic N) is 2. The topological polar surface area (TPSA) is 46.0 Å². The normalized spacial score (nSPS) is 15.6. The van der Waals surface area contributed by atoms with Crippen molar-refractivity contribution in [1.29, 1.82) is 0 Å². The lowest BCUT2D eigenvalue weighted by molar-refractivity contribution is 0.438. The van der Waals surface area contributed by atoms with Crippen molar-refractivity contribution in [3.8, 4) is 44.9 Å². The van der Waals surface area contributed by atoms with Crippen LogP contribution in [0.1, 0.15) is 45.1 Å². The average Bonchev–Trinajstić information content (AvgIpc) is 3.57. The molecule has 56 heavy (non-hydrogen) atoms. The quantitative estimate of drug-likeness (QED) is 0.193. The molecule has 0 bridgehead atoms. The summed E-state index contributed by atoms with van der Waals surface area (Å²) in [5.41, 5.74) is 14.3. The molecule has 11 rings (SSSR count). The fourth-order valence-corrected chi connectivity index (χ4v) is 9.01. The molecule has 0 radical (unpaired) electrons. The molecule has 4 heteroatoms. The van der Waals surface area contributed by atoms with E-state index < -0.39 is 5.41 Å². The Hall–Kier alpha value is -7.30. The average molecular weight is 718 g/mol. The van der Waals surface area contributed by atoms with Crippen LogP contribution in [0.3, 0.4) is 0 Å². The summed E-state index contributed by atoms with van der Waals surface area (Å²) in [6.45, 7) is 0. The Kier molecular flexibility index (Phi) is 7.42. The van der Waals surface area contributed by atoms with Gasteiger partial charge in [-0.25, -0.2) is 9.98 Å². The number of aliphatic imine (C=N–C) groups is 2. The van der Waals surface area contributed by atoms with Gasteiger partial charge >= 0.3 is 0 Å². The first-order valence-electron chi connectivity index (χ1n) is 19.1. The molecule has 2 aliphatic heterocycles. The monoisotopic (exact) mass is 717 g/mol. The highest BCUT2D eigenvalue weighted by atomic mass is 16.5. The molecule has 1 aliphatic carbocycles. The molecule has 4 nitrogen and oxygen atoms in total. The fraction of sp³-hybridized carbons (Fsp3) is 0.0385. The van der Waals surface area contributed by atoms with Crippen LogP contribution < -0.4 is 10.1 Å². The van der Waals surface area contributed by atoms with Gasteiger partial charge in [-0.3, -0.25) is 0 Å². The first-order chi connectivity index (χ1) is 27.8. The number of nitrogens with one attached hydrogen (secondary N) is 1. The van der Waals surface area contributed by atoms with E-state index in [1.54, 1.807) is 0 Å². The van der Waals surface area contributed by atoms with Gasteiger partial charge in [-0.1, -0.05) is 188 Å². The highest BCUT2D eigenvalue weighted by Gasteiger charge is 2.51. The van der Waals surface area contributed by atoms with Crippen molar-refractivity contribution in [2.24, 2.45) is 9.98 Å². The molecule has 3 aliphatic rings. The number of amidine groups is 2. The summed E-state index contributed by atoms with van der Waals surface area (Å²) in [4.78, 5) is 10.2. The standard InChI is InChI=1S/C52H35N3O/c1-3-17-34(18-4-1)49-53-50(35-19-5-2-6-20-35)55-51(54-49)37-22-15-21-36(33-37)38-23-7-8-24-39(38)42-27-16-31-46-48(42)56-47-32-14-13-30-45(47)52(46)43-28-11-9-25-40(43)41-26-10-12-29-44(41)52/h1-33,49H,(H,53,54,55). The molecular weight excluding hydrogens is 683 g/mol. The summed E-state index contributed by atoms with van der Waals surface area (Å²) in [6, 6.07) is 70.8. The maximum absolute atomic E-state index is 7.05. The summed E-state index contributed by atoms with van der Waals surface area (Å²) >= 11 is 0. The van der Waals surface area contributed by atoms with E-state index in [1.165, 1.54) is 22.3 Å². The summed E-state index contributed by atoms with van der Waals surface area (Å²) in [7, 11) is 0. The van der Waals surface area contributed by atoms with Crippen LogP contribution in [0.5, 0.6) is 11.5 Å². The number of para-hydroxylation sites is 2. The number of fused-ring (bicyclic) bond motifs is 9. The minimum absolute atomic E-state index is 0.274. The van der Waals surface area contributed by atoms with Crippen molar-refractivity contribution in [3.05, 3.63) is 239 Å². The van der Waals surface area contributed by atoms with Crippen molar-refractivity contribution in [1.82, 2.24) is 5.32 Å². The van der Waals surface area contributed by atoms with Gasteiger partial charge < -0.3 is 10.1 Å². The molecule has 2 heterocycles. The Morgan fingerprint density at radius 2 is 0.964 bits per heavy atom. The van der Waals surface area contributed by atoms with Gasteiger partial charge in [-0.05, 0) is 56.6 Å². The second-order valence-electron chi connectivity index (χ2n) is 14.5. The molecule has 1 atom stereocenters. The van der Waals surface area contributed by atoms with Crippen LogP contribution >= 0.6 is 0 Å². The van der Waals surface area contributed by atoms with E-state index in [4.69, 9.17) is 14.7 Å². The number of hydrogen-bond donors (Lipinski definition) is 1. The van der Waals surface area contributed by atoms with Crippen molar-refractivity contribution in [3.63, 3.8) is 0 Å². The van der Waals surface area contributed by atoms with Crippen LogP contribution in [-0.4, -0.2) is 11.7 Å². The Balaban J connectivity index is 1.06. The minimum atomic E-state index is -0.527. The molecule has 8 aromatic rings. The van der Waals surface area contributed by atoms with Gasteiger partial charge in [0.05, 0.1) is 5.41 Å². The van der Waals surface area contributed by atoms with E-state index in [9.17, 15) is 0 Å². The maximum Gasteiger partial charge on any atom is 0.159 e. The maximum atomic E-state index is 7.05. The summed E-state index contributed by atoms with van der Waals surface area (Å²) in [6.07, 6.45) is -0.274. The van der Waals surface area contributed by atoms with Gasteiger partial charge in [0.15, 0.2) is 5.84 Å². The zero-order valence-corrected chi connectivity index (χ0v) is 30.4. The SMILES string of the molecule is c1ccc(C2=NC(c3ccccc3)NC(c3cccc(-c4ccccc4-c4cccc5c4Oc4ccccc4C54c5ccccc5-c5ccccc54)c3)=N2)cc1. The molecule has 0 saturated heterocycles. The third kappa shape index (κ3) is 4.93. The van der Waals surface area contributed by atoms with E-state index in [-0.39, 0.29) is 6.17 Å². The van der Waals surface area contributed by atoms with Crippen molar-refractivity contribution in [2.75, 3.05) is 0 Å². The van der Waals surface area contributed by atoms with Gasteiger partial charge in [-0.2, -0.15) is 0 Å². The first-order valence-corrected chi connectivity index (χ1v) is 19.1. The molecular formula is C52H35N3O. The minimum Gasteiger partial charge on any atom is -0.456 e. The molecule has 1 N–H and O–H groups in total. The Labute approximate surface area is 326 Å². The molecule has 0 aromatic heterocycles. The predicted octanol–water partition coefficient (Wildman–Crippen LogP) is 12.0. The Morgan fingerprint density at radius 1 is 0.429 bits per heavy atom. The van der Waals surface area contributed by atoms with Crippen LogP contribution in [-0.2, 0) is 5.41 Å². The van der Waals surface area contributed by atoms with Crippen LogP contribution in [0.4, 0.5) is 0 Å². The zero-order valence-electron chi connectivity index (χ0n) is 30.4. The smallest absolute Gasteiger partial charge is 0.159 e. The van der Waals surface area contributed by atoms with E-state index in [2.05, 4.69) is 169 Å². The molecule has 8 aromatic carbocycles. The molecule has 0 fully saturated rings. The zero-order chi connectivity index (χ0) is 37.1. The van der Waals surface area contributed by atoms with Gasteiger partial charge in [0, 0.05) is 27.8 Å². The van der Waals surface area contributed by atoms with E-state index in [0.29, 0.717) is 5.84 Å². The third-order valence-electron chi connectivity index (χ3n) is 11.4. The summed E-state index contributed by atoms with van der Waals surface area (Å²) in [5, 5.41) is 3.65. The van der Waals surface area contributed by atoms with Crippen LogP contribution in [0.2, 0.25) is 0 Å². The third-order valence-corrected chi connectivity index (χ3v) is 11.4. The lowest BCUT2D eigenvalue weighted by Crippen LogP contribution is -2.33. The predicted molar refractivity (Wildman–Crippen MR) is 227 cm³/mol. The molecule has 1 unspecified atom stereocenters. The lowest BCUT2D eigenvalue weighted by Gasteiger charge is -2.40. The number of rotatable bonds is 5. The lowest BCUT2D eigenvalue weighted by atomic mass is 9.65. The van der Waals surface area contributed by atoms with Gasteiger partial charge in [-0.15, -0.1) is 0 Å².